The number of rotatable bonds is 6. The van der Waals surface area contributed by atoms with Crippen molar-refractivity contribution in [3.63, 3.8) is 0 Å². The molecule has 0 aliphatic rings. The van der Waals surface area contributed by atoms with Gasteiger partial charge in [-0.2, -0.15) is 5.10 Å². The van der Waals surface area contributed by atoms with Crippen LogP contribution >= 0.6 is 0 Å². The molecular formula is C18H24FN3O2. The summed E-state index contributed by atoms with van der Waals surface area (Å²) in [4.78, 5) is 12.3. The average molecular weight is 333 g/mol. The van der Waals surface area contributed by atoms with Crippen molar-refractivity contribution in [2.24, 2.45) is 0 Å². The highest BCUT2D eigenvalue weighted by Crippen LogP contribution is 2.28. The largest absolute Gasteiger partial charge is 0.462 e. The molecule has 0 aliphatic heterocycles. The predicted molar refractivity (Wildman–Crippen MR) is 91.7 cm³/mol. The minimum atomic E-state index is -0.393. The number of benzene rings is 1. The lowest BCUT2D eigenvalue weighted by molar-refractivity contribution is 0.0526. The van der Waals surface area contributed by atoms with Gasteiger partial charge < -0.3 is 10.1 Å². The molecule has 1 heterocycles. The van der Waals surface area contributed by atoms with E-state index in [-0.39, 0.29) is 17.9 Å². The van der Waals surface area contributed by atoms with E-state index in [0.29, 0.717) is 23.7 Å². The molecule has 1 aromatic heterocycles. The molecule has 0 spiro atoms. The zero-order valence-corrected chi connectivity index (χ0v) is 14.8. The van der Waals surface area contributed by atoms with E-state index in [1.807, 2.05) is 20.8 Å². The summed E-state index contributed by atoms with van der Waals surface area (Å²) >= 11 is 0. The van der Waals surface area contributed by atoms with Gasteiger partial charge in [0, 0.05) is 12.1 Å². The van der Waals surface area contributed by atoms with Crippen LogP contribution in [-0.4, -0.2) is 22.4 Å². The number of esters is 1. The summed E-state index contributed by atoms with van der Waals surface area (Å²) < 4.78 is 20.1. The molecule has 5 nitrogen and oxygen atoms in total. The third kappa shape index (κ3) is 3.75. The summed E-state index contributed by atoms with van der Waals surface area (Å²) in [6, 6.07) is 6.25. The number of nitrogens with zero attached hydrogens (tertiary/aromatic N) is 2. The Morgan fingerprint density at radius 1 is 1.29 bits per heavy atom. The lowest BCUT2D eigenvalue weighted by Gasteiger charge is -2.19. The van der Waals surface area contributed by atoms with Crippen LogP contribution in [0, 0.1) is 12.7 Å². The minimum absolute atomic E-state index is 0.0785. The number of aromatic nitrogens is 2. The lowest BCUT2D eigenvalue weighted by atomic mass is 10.1. The van der Waals surface area contributed by atoms with Gasteiger partial charge in [0.2, 0.25) is 0 Å². The van der Waals surface area contributed by atoms with Crippen molar-refractivity contribution in [1.29, 1.82) is 0 Å². The van der Waals surface area contributed by atoms with Crippen LogP contribution < -0.4 is 5.32 Å². The third-order valence-electron chi connectivity index (χ3n) is 3.78. The lowest BCUT2D eigenvalue weighted by Crippen LogP contribution is -2.16. The van der Waals surface area contributed by atoms with Crippen LogP contribution in [0.15, 0.2) is 24.3 Å². The van der Waals surface area contributed by atoms with E-state index in [4.69, 9.17) is 4.74 Å². The highest BCUT2D eigenvalue weighted by molar-refractivity contribution is 5.96. The topological polar surface area (TPSA) is 56.1 Å². The smallest absolute Gasteiger partial charge is 0.343 e. The van der Waals surface area contributed by atoms with Crippen LogP contribution in [0.5, 0.6) is 0 Å². The molecule has 0 saturated carbocycles. The molecule has 0 radical (unpaired) electrons. The Morgan fingerprint density at radius 3 is 2.46 bits per heavy atom. The maximum Gasteiger partial charge on any atom is 0.343 e. The summed E-state index contributed by atoms with van der Waals surface area (Å²) in [7, 11) is 0. The van der Waals surface area contributed by atoms with E-state index < -0.39 is 5.97 Å². The van der Waals surface area contributed by atoms with Gasteiger partial charge in [0.15, 0.2) is 0 Å². The van der Waals surface area contributed by atoms with E-state index in [1.54, 1.807) is 30.7 Å². The van der Waals surface area contributed by atoms with Gasteiger partial charge in [-0.05, 0) is 52.3 Å². The van der Waals surface area contributed by atoms with Gasteiger partial charge in [0.05, 0.1) is 12.3 Å². The Labute approximate surface area is 141 Å². The number of carbonyl (C=O) groups excluding carboxylic acids is 1. The maximum atomic E-state index is 13.1. The zero-order valence-electron chi connectivity index (χ0n) is 14.8. The second-order valence-corrected chi connectivity index (χ2v) is 5.99. The monoisotopic (exact) mass is 333 g/mol. The Hall–Kier alpha value is -2.37. The van der Waals surface area contributed by atoms with Crippen molar-refractivity contribution < 1.29 is 13.9 Å². The summed E-state index contributed by atoms with van der Waals surface area (Å²) in [6.45, 7) is 9.81. The summed E-state index contributed by atoms with van der Waals surface area (Å²) in [5.74, 6) is -0.0466. The van der Waals surface area contributed by atoms with Gasteiger partial charge in [-0.3, -0.25) is 0 Å². The first-order valence-corrected chi connectivity index (χ1v) is 8.13. The highest BCUT2D eigenvalue weighted by Gasteiger charge is 2.25. The van der Waals surface area contributed by atoms with Crippen LogP contribution in [-0.2, 0) is 4.74 Å². The normalized spacial score (nSPS) is 12.3. The van der Waals surface area contributed by atoms with Crippen LogP contribution in [0.2, 0.25) is 0 Å². The van der Waals surface area contributed by atoms with Crippen LogP contribution in [0.4, 0.5) is 10.2 Å². The molecular weight excluding hydrogens is 309 g/mol. The fourth-order valence-corrected chi connectivity index (χ4v) is 2.55. The Kier molecular flexibility index (Phi) is 5.59. The second-order valence-electron chi connectivity index (χ2n) is 5.99. The van der Waals surface area contributed by atoms with Gasteiger partial charge in [-0.25, -0.2) is 13.9 Å². The number of hydrogen-bond donors (Lipinski definition) is 1. The number of hydrogen-bond acceptors (Lipinski definition) is 4. The molecule has 130 valence electrons. The maximum absolute atomic E-state index is 13.1. The van der Waals surface area contributed by atoms with Gasteiger partial charge in [-0.1, -0.05) is 12.1 Å². The van der Waals surface area contributed by atoms with Crippen LogP contribution in [0.3, 0.4) is 0 Å². The van der Waals surface area contributed by atoms with E-state index in [2.05, 4.69) is 10.4 Å². The number of aryl methyl sites for hydroxylation is 1. The average Bonchev–Trinajstić information content (AvgIpc) is 2.84. The molecule has 1 N–H and O–H groups in total. The molecule has 1 unspecified atom stereocenters. The van der Waals surface area contributed by atoms with Gasteiger partial charge in [0.25, 0.3) is 0 Å². The van der Waals surface area contributed by atoms with Gasteiger partial charge in [-0.15, -0.1) is 0 Å². The van der Waals surface area contributed by atoms with Gasteiger partial charge in [0.1, 0.15) is 17.2 Å². The summed E-state index contributed by atoms with van der Waals surface area (Å²) in [5.41, 5.74) is 1.98. The van der Waals surface area contributed by atoms with E-state index in [1.165, 1.54) is 12.1 Å². The Bertz CT molecular complexity index is 708. The van der Waals surface area contributed by atoms with Crippen molar-refractivity contribution >= 4 is 11.8 Å². The molecule has 0 aliphatic carbocycles. The Morgan fingerprint density at radius 2 is 1.92 bits per heavy atom. The predicted octanol–water partition coefficient (Wildman–Crippen LogP) is 4.26. The van der Waals surface area contributed by atoms with E-state index in [9.17, 15) is 9.18 Å². The number of anilines is 1. The molecule has 0 amide bonds. The van der Waals surface area contributed by atoms with Gasteiger partial charge >= 0.3 is 5.97 Å². The van der Waals surface area contributed by atoms with Crippen molar-refractivity contribution in [3.05, 3.63) is 46.9 Å². The van der Waals surface area contributed by atoms with E-state index >= 15 is 0 Å². The first-order chi connectivity index (χ1) is 11.3. The van der Waals surface area contributed by atoms with E-state index in [0.717, 1.165) is 5.56 Å². The van der Waals surface area contributed by atoms with Crippen molar-refractivity contribution in [3.8, 4) is 0 Å². The first kappa shape index (κ1) is 18.0. The first-order valence-electron chi connectivity index (χ1n) is 8.13. The second kappa shape index (κ2) is 7.47. The molecule has 2 aromatic rings. The molecule has 1 atom stereocenters. The number of ether oxygens (including phenoxy) is 1. The molecule has 0 saturated heterocycles. The standard InChI is InChI=1S/C18H24FN3O2/c1-6-24-18(23)16-13(5)21-22(11(2)3)17(16)20-12(4)14-7-9-15(19)10-8-14/h7-12,20H,6H2,1-5H3. The van der Waals surface area contributed by atoms with Crippen molar-refractivity contribution in [2.45, 2.75) is 46.7 Å². The number of halogens is 1. The third-order valence-corrected chi connectivity index (χ3v) is 3.78. The minimum Gasteiger partial charge on any atom is -0.462 e. The fourth-order valence-electron chi connectivity index (χ4n) is 2.55. The molecule has 0 bridgehead atoms. The highest BCUT2D eigenvalue weighted by atomic mass is 19.1. The summed E-state index contributed by atoms with van der Waals surface area (Å²) in [5, 5.41) is 7.80. The fraction of sp³-hybridized carbons (Fsp3) is 0.444. The molecule has 24 heavy (non-hydrogen) atoms. The molecule has 1 aromatic carbocycles. The van der Waals surface area contributed by atoms with Crippen molar-refractivity contribution in [1.82, 2.24) is 9.78 Å². The molecule has 0 fully saturated rings. The Balaban J connectivity index is 2.39. The quantitative estimate of drug-likeness (QED) is 0.803. The summed E-state index contributed by atoms with van der Waals surface area (Å²) in [6.07, 6.45) is 0. The molecule has 6 heteroatoms. The molecule has 2 rings (SSSR count). The number of nitrogens with one attached hydrogen (secondary N) is 1. The zero-order chi connectivity index (χ0) is 17.9. The SMILES string of the molecule is CCOC(=O)c1c(C)nn(C(C)C)c1NC(C)c1ccc(F)cc1. The van der Waals surface area contributed by atoms with Crippen LogP contribution in [0.25, 0.3) is 0 Å². The van der Waals surface area contributed by atoms with Crippen molar-refractivity contribution in [2.75, 3.05) is 11.9 Å². The number of carbonyl (C=O) groups is 1. The van der Waals surface area contributed by atoms with Crippen LogP contribution in [0.1, 0.15) is 61.4 Å².